The van der Waals surface area contributed by atoms with E-state index in [4.69, 9.17) is 17.0 Å². The van der Waals surface area contributed by atoms with Crippen molar-refractivity contribution in [2.45, 2.75) is 25.4 Å². The average Bonchev–Trinajstić information content (AvgIpc) is 3.39. The summed E-state index contributed by atoms with van der Waals surface area (Å²) in [7, 11) is 1.39. The number of methoxy groups -OCH3 is 1. The molecule has 1 N–H and O–H groups in total. The average molecular weight is 421 g/mol. The fraction of sp³-hybridized carbons (Fsp3) is 0.261. The van der Waals surface area contributed by atoms with Crippen LogP contribution in [0.5, 0.6) is 0 Å². The summed E-state index contributed by atoms with van der Waals surface area (Å²) in [5.41, 5.74) is 3.56. The van der Waals surface area contributed by atoms with Crippen LogP contribution in [0.1, 0.15) is 47.2 Å². The number of carbonyl (C=O) groups is 1. The van der Waals surface area contributed by atoms with Gasteiger partial charge in [0.15, 0.2) is 5.11 Å². The monoisotopic (exact) mass is 420 g/mol. The molecule has 2 atom stereocenters. The third-order valence-corrected chi connectivity index (χ3v) is 5.66. The molecule has 1 aromatic carbocycles. The van der Waals surface area contributed by atoms with Crippen LogP contribution in [0.2, 0.25) is 0 Å². The molecule has 3 aromatic rings. The predicted octanol–water partition coefficient (Wildman–Crippen LogP) is 4.04. The molecule has 1 fully saturated rings. The first-order valence-electron chi connectivity index (χ1n) is 9.98. The number of ether oxygens (including phenoxy) is 1. The molecule has 0 spiro atoms. The van der Waals surface area contributed by atoms with Crippen molar-refractivity contribution in [3.63, 3.8) is 0 Å². The second-order valence-corrected chi connectivity index (χ2v) is 7.55. The van der Waals surface area contributed by atoms with Crippen molar-refractivity contribution in [2.75, 3.05) is 13.7 Å². The minimum atomic E-state index is -0.344. The molecule has 7 heteroatoms. The number of hydrogen-bond acceptors (Lipinski definition) is 4. The second-order valence-electron chi connectivity index (χ2n) is 7.16. The van der Waals surface area contributed by atoms with Gasteiger partial charge in [0.1, 0.15) is 0 Å². The Bertz CT molecular complexity index is 1030. The van der Waals surface area contributed by atoms with Crippen molar-refractivity contribution in [2.24, 2.45) is 0 Å². The SMILES string of the molecule is CCCN1C(=S)NC(c2ccccn2)C1c1cccn1-c1ccc(C(=O)OC)cc1. The zero-order valence-corrected chi connectivity index (χ0v) is 17.8. The Hall–Kier alpha value is -3.19. The summed E-state index contributed by atoms with van der Waals surface area (Å²) in [4.78, 5) is 18.6. The van der Waals surface area contributed by atoms with Crippen LogP contribution >= 0.6 is 12.2 Å². The molecule has 0 saturated carbocycles. The van der Waals surface area contributed by atoms with Crippen molar-refractivity contribution in [1.29, 1.82) is 0 Å². The van der Waals surface area contributed by atoms with Crippen molar-refractivity contribution in [3.05, 3.63) is 83.9 Å². The van der Waals surface area contributed by atoms with Gasteiger partial charge in [-0.1, -0.05) is 13.0 Å². The number of nitrogens with zero attached hydrogens (tertiary/aromatic N) is 3. The molecule has 2 unspecified atom stereocenters. The van der Waals surface area contributed by atoms with Crippen LogP contribution in [0, 0.1) is 0 Å². The molecule has 3 heterocycles. The van der Waals surface area contributed by atoms with Gasteiger partial charge in [0, 0.05) is 30.3 Å². The summed E-state index contributed by atoms with van der Waals surface area (Å²) >= 11 is 5.68. The van der Waals surface area contributed by atoms with Gasteiger partial charge in [-0.25, -0.2) is 4.79 Å². The third kappa shape index (κ3) is 3.68. The molecular weight excluding hydrogens is 396 g/mol. The van der Waals surface area contributed by atoms with E-state index >= 15 is 0 Å². The number of benzene rings is 1. The highest BCUT2D eigenvalue weighted by molar-refractivity contribution is 7.80. The highest BCUT2D eigenvalue weighted by Gasteiger charge is 2.40. The van der Waals surface area contributed by atoms with Crippen molar-refractivity contribution >= 4 is 23.3 Å². The summed E-state index contributed by atoms with van der Waals surface area (Å²) in [5, 5.41) is 4.22. The van der Waals surface area contributed by atoms with Gasteiger partial charge < -0.3 is 19.5 Å². The Balaban J connectivity index is 1.75. The molecule has 2 aromatic heterocycles. The first-order valence-corrected chi connectivity index (χ1v) is 10.4. The van der Waals surface area contributed by atoms with E-state index in [0.29, 0.717) is 5.56 Å². The van der Waals surface area contributed by atoms with Gasteiger partial charge in [0.25, 0.3) is 0 Å². The van der Waals surface area contributed by atoms with Crippen molar-refractivity contribution in [1.82, 2.24) is 19.8 Å². The Morgan fingerprint density at radius 3 is 2.63 bits per heavy atom. The highest BCUT2D eigenvalue weighted by Crippen LogP contribution is 2.39. The molecule has 0 amide bonds. The predicted molar refractivity (Wildman–Crippen MR) is 120 cm³/mol. The van der Waals surface area contributed by atoms with E-state index in [0.717, 1.165) is 35.2 Å². The molecule has 154 valence electrons. The van der Waals surface area contributed by atoms with E-state index in [1.54, 1.807) is 12.1 Å². The number of pyridine rings is 1. The Morgan fingerprint density at radius 1 is 1.17 bits per heavy atom. The summed E-state index contributed by atoms with van der Waals surface area (Å²) in [6.45, 7) is 3.00. The maximum Gasteiger partial charge on any atom is 0.337 e. The molecule has 6 nitrogen and oxygen atoms in total. The number of thiocarbonyl (C=S) groups is 1. The van der Waals surface area contributed by atoms with Gasteiger partial charge in [-0.15, -0.1) is 0 Å². The topological polar surface area (TPSA) is 59.4 Å². The number of aromatic nitrogens is 2. The first-order chi connectivity index (χ1) is 14.6. The van der Waals surface area contributed by atoms with Gasteiger partial charge in [-0.3, -0.25) is 4.98 Å². The molecule has 1 saturated heterocycles. The molecule has 0 bridgehead atoms. The van der Waals surface area contributed by atoms with Gasteiger partial charge in [-0.2, -0.15) is 0 Å². The van der Waals surface area contributed by atoms with Gasteiger partial charge in [0.05, 0.1) is 30.5 Å². The summed E-state index contributed by atoms with van der Waals surface area (Å²) in [5.74, 6) is -0.344. The molecule has 1 aliphatic heterocycles. The lowest BCUT2D eigenvalue weighted by molar-refractivity contribution is 0.0600. The van der Waals surface area contributed by atoms with Crippen LogP contribution in [0.3, 0.4) is 0 Å². The highest BCUT2D eigenvalue weighted by atomic mass is 32.1. The van der Waals surface area contributed by atoms with Crippen molar-refractivity contribution in [3.8, 4) is 5.69 Å². The van der Waals surface area contributed by atoms with Crippen molar-refractivity contribution < 1.29 is 9.53 Å². The van der Waals surface area contributed by atoms with E-state index < -0.39 is 0 Å². The summed E-state index contributed by atoms with van der Waals surface area (Å²) in [6.07, 6.45) is 4.83. The lowest BCUT2D eigenvalue weighted by Crippen LogP contribution is -2.31. The number of esters is 1. The van der Waals surface area contributed by atoms with Gasteiger partial charge in [0.2, 0.25) is 0 Å². The molecule has 0 radical (unpaired) electrons. The lowest BCUT2D eigenvalue weighted by atomic mass is 10.0. The van der Waals surface area contributed by atoms with Crippen LogP contribution in [0.15, 0.2) is 67.0 Å². The van der Waals surface area contributed by atoms with E-state index in [-0.39, 0.29) is 18.1 Å². The second kappa shape index (κ2) is 8.67. The normalized spacial score (nSPS) is 18.3. The zero-order chi connectivity index (χ0) is 21.1. The Morgan fingerprint density at radius 2 is 1.97 bits per heavy atom. The van der Waals surface area contributed by atoms with Gasteiger partial charge >= 0.3 is 5.97 Å². The van der Waals surface area contributed by atoms with Crippen LogP contribution in [0.4, 0.5) is 0 Å². The van der Waals surface area contributed by atoms with E-state index in [1.165, 1.54) is 7.11 Å². The number of nitrogens with one attached hydrogen (secondary N) is 1. The standard InChI is InChI=1S/C23H24N4O2S/c1-3-14-27-21(20(25-23(27)30)18-7-4-5-13-24-18)19-8-6-15-26(19)17-11-9-16(10-12-17)22(28)29-2/h4-13,15,20-21H,3,14H2,1-2H3,(H,25,30). The maximum absolute atomic E-state index is 11.8. The lowest BCUT2D eigenvalue weighted by Gasteiger charge is -2.28. The fourth-order valence-electron chi connectivity index (χ4n) is 3.95. The molecule has 4 rings (SSSR count). The van der Waals surface area contributed by atoms with Crippen LogP contribution in [-0.4, -0.2) is 39.2 Å². The zero-order valence-electron chi connectivity index (χ0n) is 17.0. The Labute approximate surface area is 181 Å². The minimum absolute atomic E-state index is 0.00244. The molecule has 0 aliphatic carbocycles. The maximum atomic E-state index is 11.8. The van der Waals surface area contributed by atoms with Gasteiger partial charge in [-0.05, 0) is 67.2 Å². The Kier molecular flexibility index (Phi) is 5.81. The number of hydrogen-bond donors (Lipinski definition) is 1. The smallest absolute Gasteiger partial charge is 0.337 e. The van der Waals surface area contributed by atoms with Crippen LogP contribution in [0.25, 0.3) is 5.69 Å². The van der Waals surface area contributed by atoms with Crippen LogP contribution < -0.4 is 5.32 Å². The summed E-state index contributed by atoms with van der Waals surface area (Å²) in [6, 6.07) is 17.5. The van der Waals surface area contributed by atoms with E-state index in [9.17, 15) is 4.79 Å². The molecule has 30 heavy (non-hydrogen) atoms. The molecular formula is C23H24N4O2S. The quantitative estimate of drug-likeness (QED) is 0.480. The largest absolute Gasteiger partial charge is 0.465 e. The van der Waals surface area contributed by atoms with E-state index in [1.807, 2.05) is 48.8 Å². The van der Waals surface area contributed by atoms with Crippen LogP contribution in [-0.2, 0) is 4.74 Å². The number of rotatable bonds is 6. The third-order valence-electron chi connectivity index (χ3n) is 5.31. The fourth-order valence-corrected chi connectivity index (χ4v) is 4.29. The minimum Gasteiger partial charge on any atom is -0.465 e. The van der Waals surface area contributed by atoms with E-state index in [2.05, 4.69) is 32.8 Å². The molecule has 1 aliphatic rings. The first kappa shape index (κ1) is 20.1. The summed E-state index contributed by atoms with van der Waals surface area (Å²) < 4.78 is 6.94. The number of carbonyl (C=O) groups excluding carboxylic acids is 1.